The molecule has 0 unspecified atom stereocenters. The Bertz CT molecular complexity index is 565. The normalized spacial score (nSPS) is 11.4. The van der Waals surface area contributed by atoms with Gasteiger partial charge in [-0.1, -0.05) is 18.2 Å². The molecule has 1 heterocycles. The number of pyridine rings is 1. The van der Waals surface area contributed by atoms with Gasteiger partial charge in [0.15, 0.2) is 0 Å². The van der Waals surface area contributed by atoms with Gasteiger partial charge < -0.3 is 5.32 Å². The molecule has 2 rings (SSSR count). The standard InChI is InChI=1S/C14H13F3N2/c1-10-5-4-8-18-13(10)9-19-12-7-3-2-6-11(12)14(15,16)17/h2-8,19H,9H2,1H3. The lowest BCUT2D eigenvalue weighted by Crippen LogP contribution is -2.11. The number of hydrogen-bond acceptors (Lipinski definition) is 2. The van der Waals surface area contributed by atoms with Gasteiger partial charge in [-0.3, -0.25) is 4.98 Å². The SMILES string of the molecule is Cc1cccnc1CNc1ccccc1C(F)(F)F. The third kappa shape index (κ3) is 3.24. The number of halogens is 3. The summed E-state index contributed by atoms with van der Waals surface area (Å²) in [5, 5.41) is 2.79. The molecule has 0 aliphatic carbocycles. The molecule has 0 atom stereocenters. The van der Waals surface area contributed by atoms with Gasteiger partial charge in [0.25, 0.3) is 0 Å². The predicted octanol–water partition coefficient (Wildman–Crippen LogP) is 4.02. The van der Waals surface area contributed by atoms with Crippen molar-refractivity contribution in [2.24, 2.45) is 0 Å². The van der Waals surface area contributed by atoms with Crippen LogP contribution in [0.2, 0.25) is 0 Å². The monoisotopic (exact) mass is 266 g/mol. The Balaban J connectivity index is 2.19. The zero-order valence-electron chi connectivity index (χ0n) is 10.3. The number of benzene rings is 1. The molecular formula is C14H13F3N2. The highest BCUT2D eigenvalue weighted by atomic mass is 19.4. The van der Waals surface area contributed by atoms with Crippen LogP contribution in [0, 0.1) is 6.92 Å². The molecule has 0 saturated carbocycles. The van der Waals surface area contributed by atoms with Gasteiger partial charge >= 0.3 is 6.18 Å². The van der Waals surface area contributed by atoms with Crippen LogP contribution in [0.15, 0.2) is 42.6 Å². The fourth-order valence-electron chi connectivity index (χ4n) is 1.77. The van der Waals surface area contributed by atoms with Gasteiger partial charge in [-0.15, -0.1) is 0 Å². The molecule has 1 aromatic carbocycles. The highest BCUT2D eigenvalue weighted by Gasteiger charge is 2.33. The van der Waals surface area contributed by atoms with E-state index >= 15 is 0 Å². The van der Waals surface area contributed by atoms with Crippen LogP contribution in [-0.4, -0.2) is 4.98 Å². The third-order valence-electron chi connectivity index (χ3n) is 2.80. The van der Waals surface area contributed by atoms with Gasteiger partial charge in [0.2, 0.25) is 0 Å². The second-order valence-electron chi connectivity index (χ2n) is 4.16. The van der Waals surface area contributed by atoms with Crippen LogP contribution in [0.4, 0.5) is 18.9 Å². The van der Waals surface area contributed by atoms with E-state index in [1.807, 2.05) is 13.0 Å². The first kappa shape index (κ1) is 13.4. The molecule has 0 amide bonds. The van der Waals surface area contributed by atoms with Crippen LogP contribution in [0.3, 0.4) is 0 Å². The maximum atomic E-state index is 12.8. The molecule has 0 bridgehead atoms. The van der Waals surface area contributed by atoms with Crippen molar-refractivity contribution in [1.82, 2.24) is 4.98 Å². The van der Waals surface area contributed by atoms with Gasteiger partial charge in [0.1, 0.15) is 0 Å². The van der Waals surface area contributed by atoms with E-state index in [4.69, 9.17) is 0 Å². The minimum absolute atomic E-state index is 0.0695. The molecule has 1 N–H and O–H groups in total. The minimum Gasteiger partial charge on any atom is -0.379 e. The number of aromatic nitrogens is 1. The number of para-hydroxylation sites is 1. The number of aryl methyl sites for hydroxylation is 1. The summed E-state index contributed by atoms with van der Waals surface area (Å²) in [5.41, 5.74) is 1.09. The summed E-state index contributed by atoms with van der Waals surface area (Å²) in [4.78, 5) is 4.14. The quantitative estimate of drug-likeness (QED) is 0.907. The summed E-state index contributed by atoms with van der Waals surface area (Å²) in [6.45, 7) is 2.14. The summed E-state index contributed by atoms with van der Waals surface area (Å²) in [6, 6.07) is 9.10. The molecule has 0 aliphatic rings. The molecule has 2 nitrogen and oxygen atoms in total. The molecule has 0 radical (unpaired) electrons. The van der Waals surface area contributed by atoms with Crippen molar-refractivity contribution in [3.05, 3.63) is 59.4 Å². The van der Waals surface area contributed by atoms with Crippen molar-refractivity contribution in [2.75, 3.05) is 5.32 Å². The van der Waals surface area contributed by atoms with Crippen molar-refractivity contribution in [2.45, 2.75) is 19.6 Å². The van der Waals surface area contributed by atoms with Gasteiger partial charge in [-0.05, 0) is 30.7 Å². The van der Waals surface area contributed by atoms with Crippen molar-refractivity contribution in [3.8, 4) is 0 Å². The van der Waals surface area contributed by atoms with E-state index in [-0.39, 0.29) is 12.2 Å². The van der Waals surface area contributed by atoms with Gasteiger partial charge in [-0.25, -0.2) is 0 Å². The summed E-state index contributed by atoms with van der Waals surface area (Å²) in [6.07, 6.45) is -2.73. The second-order valence-corrected chi connectivity index (χ2v) is 4.16. The van der Waals surface area contributed by atoms with Gasteiger partial charge in [-0.2, -0.15) is 13.2 Å². The topological polar surface area (TPSA) is 24.9 Å². The fraction of sp³-hybridized carbons (Fsp3) is 0.214. The maximum absolute atomic E-state index is 12.8. The van der Waals surface area contributed by atoms with Crippen LogP contribution in [0.1, 0.15) is 16.8 Å². The van der Waals surface area contributed by atoms with Crippen LogP contribution < -0.4 is 5.32 Å². The highest BCUT2D eigenvalue weighted by Crippen LogP contribution is 2.34. The van der Waals surface area contributed by atoms with Crippen molar-refractivity contribution >= 4 is 5.69 Å². The number of nitrogens with one attached hydrogen (secondary N) is 1. The number of rotatable bonds is 3. The zero-order valence-corrected chi connectivity index (χ0v) is 10.3. The van der Waals surface area contributed by atoms with Crippen molar-refractivity contribution < 1.29 is 13.2 Å². The van der Waals surface area contributed by atoms with E-state index in [0.717, 1.165) is 17.3 Å². The van der Waals surface area contributed by atoms with E-state index in [2.05, 4.69) is 10.3 Å². The minimum atomic E-state index is -4.36. The van der Waals surface area contributed by atoms with Crippen LogP contribution in [0.5, 0.6) is 0 Å². The summed E-state index contributed by atoms with van der Waals surface area (Å²) in [5.74, 6) is 0. The summed E-state index contributed by atoms with van der Waals surface area (Å²) >= 11 is 0. The number of anilines is 1. The Labute approximate surface area is 109 Å². The lowest BCUT2D eigenvalue weighted by molar-refractivity contribution is -0.136. The first-order valence-corrected chi connectivity index (χ1v) is 5.79. The van der Waals surface area contributed by atoms with Gasteiger partial charge in [0, 0.05) is 11.9 Å². The average molecular weight is 266 g/mol. The Morgan fingerprint density at radius 2 is 1.84 bits per heavy atom. The van der Waals surface area contributed by atoms with Crippen LogP contribution in [0.25, 0.3) is 0 Å². The Hall–Kier alpha value is -2.04. The van der Waals surface area contributed by atoms with Crippen molar-refractivity contribution in [1.29, 1.82) is 0 Å². The summed E-state index contributed by atoms with van der Waals surface area (Å²) < 4.78 is 38.4. The van der Waals surface area contributed by atoms with Crippen LogP contribution >= 0.6 is 0 Å². The third-order valence-corrected chi connectivity index (χ3v) is 2.80. The molecule has 2 aromatic rings. The largest absolute Gasteiger partial charge is 0.418 e. The highest BCUT2D eigenvalue weighted by molar-refractivity contribution is 5.52. The molecule has 0 saturated heterocycles. The number of alkyl halides is 3. The van der Waals surface area contributed by atoms with E-state index in [1.54, 1.807) is 18.3 Å². The van der Waals surface area contributed by atoms with Crippen LogP contribution in [-0.2, 0) is 12.7 Å². The second kappa shape index (κ2) is 5.30. The van der Waals surface area contributed by atoms with E-state index in [9.17, 15) is 13.2 Å². The number of hydrogen-bond donors (Lipinski definition) is 1. The fourth-order valence-corrected chi connectivity index (χ4v) is 1.77. The molecule has 100 valence electrons. The zero-order chi connectivity index (χ0) is 13.9. The molecule has 0 spiro atoms. The molecular weight excluding hydrogens is 253 g/mol. The van der Waals surface area contributed by atoms with E-state index in [0.29, 0.717) is 0 Å². The Morgan fingerprint density at radius 3 is 2.53 bits per heavy atom. The smallest absolute Gasteiger partial charge is 0.379 e. The molecule has 5 heteroatoms. The molecule has 0 fully saturated rings. The number of nitrogens with zero attached hydrogens (tertiary/aromatic N) is 1. The first-order chi connectivity index (χ1) is 8.98. The lowest BCUT2D eigenvalue weighted by Gasteiger charge is -2.14. The molecule has 0 aliphatic heterocycles. The van der Waals surface area contributed by atoms with E-state index in [1.165, 1.54) is 12.1 Å². The van der Waals surface area contributed by atoms with E-state index < -0.39 is 11.7 Å². The average Bonchev–Trinajstić information content (AvgIpc) is 2.37. The Morgan fingerprint density at radius 1 is 1.11 bits per heavy atom. The Kier molecular flexibility index (Phi) is 3.74. The molecule has 1 aromatic heterocycles. The molecule has 19 heavy (non-hydrogen) atoms. The van der Waals surface area contributed by atoms with Gasteiger partial charge in [0.05, 0.1) is 17.8 Å². The predicted molar refractivity (Wildman–Crippen MR) is 67.7 cm³/mol. The first-order valence-electron chi connectivity index (χ1n) is 5.79. The van der Waals surface area contributed by atoms with Crippen molar-refractivity contribution in [3.63, 3.8) is 0 Å². The lowest BCUT2D eigenvalue weighted by atomic mass is 10.1. The summed E-state index contributed by atoms with van der Waals surface area (Å²) in [7, 11) is 0. The maximum Gasteiger partial charge on any atom is 0.418 e.